The van der Waals surface area contributed by atoms with Gasteiger partial charge in [0.25, 0.3) is 0 Å². The van der Waals surface area contributed by atoms with Crippen LogP contribution in [0.15, 0.2) is 0 Å². The summed E-state index contributed by atoms with van der Waals surface area (Å²) in [6, 6.07) is 0. The second kappa shape index (κ2) is 7.27. The smallest absolute Gasteiger partial charge is 0.224 e. The maximum Gasteiger partial charge on any atom is 0.224 e. The van der Waals surface area contributed by atoms with Crippen LogP contribution in [-0.4, -0.2) is 36.5 Å². The lowest BCUT2D eigenvalue weighted by atomic mass is 10.1. The molecule has 1 rings (SSSR count). The van der Waals surface area contributed by atoms with Gasteiger partial charge in [-0.05, 0) is 25.6 Å². The highest BCUT2D eigenvalue weighted by Gasteiger charge is 2.33. The second-order valence-corrected chi connectivity index (χ2v) is 6.30. The molecule has 0 aromatic carbocycles. The Kier molecular flexibility index (Phi) is 6.34. The Hall–Kier alpha value is -0.220. The van der Waals surface area contributed by atoms with Gasteiger partial charge in [0.1, 0.15) is 0 Å². The van der Waals surface area contributed by atoms with Gasteiger partial charge in [0, 0.05) is 23.8 Å². The average Bonchev–Trinajstić information content (AvgIpc) is 2.82. The van der Waals surface area contributed by atoms with E-state index >= 15 is 0 Å². The fourth-order valence-corrected chi connectivity index (χ4v) is 3.26. The Balaban J connectivity index is 2.31. The third-order valence-electron chi connectivity index (χ3n) is 3.68. The average molecular weight is 258 g/mol. The van der Waals surface area contributed by atoms with Crippen LogP contribution in [0.25, 0.3) is 0 Å². The number of hydrogen-bond donors (Lipinski definition) is 2. The van der Waals surface area contributed by atoms with Gasteiger partial charge in [0.15, 0.2) is 0 Å². The Labute approximate surface area is 109 Å². The summed E-state index contributed by atoms with van der Waals surface area (Å²) in [5.41, 5.74) is 0. The zero-order chi connectivity index (χ0) is 12.7. The molecule has 0 spiro atoms. The normalized spacial score (nSPS) is 20.2. The van der Waals surface area contributed by atoms with Gasteiger partial charge < -0.3 is 10.6 Å². The van der Waals surface area contributed by atoms with Crippen LogP contribution in [0.2, 0.25) is 0 Å². The molecule has 0 bridgehead atoms. The van der Waals surface area contributed by atoms with Crippen LogP contribution in [0, 0.1) is 5.92 Å². The lowest BCUT2D eigenvalue weighted by Crippen LogP contribution is -2.42. The minimum atomic E-state index is 0.0651. The quantitative estimate of drug-likeness (QED) is 0.734. The monoisotopic (exact) mass is 258 g/mol. The standard InChI is InChI=1S/C13H26N2OS/c1-4-14-9-11(2)12(16)15-10-13(17-3)7-5-6-8-13/h11,14H,4-10H2,1-3H3,(H,15,16). The fraction of sp³-hybridized carbons (Fsp3) is 0.923. The van der Waals surface area contributed by atoms with E-state index in [9.17, 15) is 4.79 Å². The van der Waals surface area contributed by atoms with Crippen molar-refractivity contribution < 1.29 is 4.79 Å². The summed E-state index contributed by atoms with van der Waals surface area (Å²) < 4.78 is 0.313. The van der Waals surface area contributed by atoms with Gasteiger partial charge >= 0.3 is 0 Å². The van der Waals surface area contributed by atoms with Crippen molar-refractivity contribution in [3.05, 3.63) is 0 Å². The maximum absolute atomic E-state index is 11.9. The SMILES string of the molecule is CCNCC(C)C(=O)NCC1(SC)CCCC1. The summed E-state index contributed by atoms with van der Waals surface area (Å²) in [6.45, 7) is 6.58. The zero-order valence-corrected chi connectivity index (χ0v) is 12.2. The lowest BCUT2D eigenvalue weighted by molar-refractivity contribution is -0.124. The van der Waals surface area contributed by atoms with E-state index in [1.54, 1.807) is 0 Å². The number of rotatable bonds is 7. The minimum Gasteiger partial charge on any atom is -0.354 e. The number of amides is 1. The molecule has 1 aliphatic rings. The number of nitrogens with one attached hydrogen (secondary N) is 2. The molecule has 1 amide bonds. The van der Waals surface area contributed by atoms with Gasteiger partial charge in [0.05, 0.1) is 0 Å². The van der Waals surface area contributed by atoms with Crippen LogP contribution < -0.4 is 10.6 Å². The molecule has 17 heavy (non-hydrogen) atoms. The molecular weight excluding hydrogens is 232 g/mol. The Morgan fingerprint density at radius 2 is 2.06 bits per heavy atom. The molecule has 0 aromatic rings. The number of carbonyl (C=O) groups excluding carboxylic acids is 1. The molecule has 0 saturated heterocycles. The van der Waals surface area contributed by atoms with Gasteiger partial charge in [0.2, 0.25) is 5.91 Å². The summed E-state index contributed by atoms with van der Waals surface area (Å²) in [7, 11) is 0. The molecule has 2 N–H and O–H groups in total. The molecule has 0 heterocycles. The highest BCUT2D eigenvalue weighted by molar-refractivity contribution is 8.00. The van der Waals surface area contributed by atoms with Crippen molar-refractivity contribution in [2.24, 2.45) is 5.92 Å². The first-order valence-corrected chi connectivity index (χ1v) is 7.89. The van der Waals surface area contributed by atoms with Crippen LogP contribution >= 0.6 is 11.8 Å². The van der Waals surface area contributed by atoms with Gasteiger partial charge in [-0.15, -0.1) is 0 Å². The van der Waals surface area contributed by atoms with Crippen molar-refractivity contribution in [3.63, 3.8) is 0 Å². The molecule has 3 nitrogen and oxygen atoms in total. The van der Waals surface area contributed by atoms with Crippen molar-refractivity contribution >= 4 is 17.7 Å². The van der Waals surface area contributed by atoms with E-state index in [1.165, 1.54) is 25.7 Å². The Morgan fingerprint density at radius 1 is 1.41 bits per heavy atom. The van der Waals surface area contributed by atoms with E-state index in [1.807, 2.05) is 18.7 Å². The summed E-state index contributed by atoms with van der Waals surface area (Å²) in [6.07, 6.45) is 7.28. The molecule has 0 aromatic heterocycles. The van der Waals surface area contributed by atoms with E-state index < -0.39 is 0 Å². The number of thioether (sulfide) groups is 1. The van der Waals surface area contributed by atoms with E-state index in [-0.39, 0.29) is 11.8 Å². The minimum absolute atomic E-state index is 0.0651. The lowest BCUT2D eigenvalue weighted by Gasteiger charge is -2.27. The van der Waals surface area contributed by atoms with Crippen molar-refractivity contribution in [2.45, 2.75) is 44.3 Å². The summed E-state index contributed by atoms with van der Waals surface area (Å²) in [5, 5.41) is 6.34. The summed E-state index contributed by atoms with van der Waals surface area (Å²) in [4.78, 5) is 11.9. The van der Waals surface area contributed by atoms with Crippen molar-refractivity contribution in [1.82, 2.24) is 10.6 Å². The van der Waals surface area contributed by atoms with Crippen LogP contribution in [0.3, 0.4) is 0 Å². The first kappa shape index (κ1) is 14.8. The second-order valence-electron chi connectivity index (χ2n) is 5.02. The molecule has 0 radical (unpaired) electrons. The van der Waals surface area contributed by atoms with E-state index in [0.29, 0.717) is 4.75 Å². The molecule has 1 aliphatic carbocycles. The highest BCUT2D eigenvalue weighted by atomic mass is 32.2. The topological polar surface area (TPSA) is 41.1 Å². The van der Waals surface area contributed by atoms with Gasteiger partial charge in [-0.25, -0.2) is 0 Å². The Morgan fingerprint density at radius 3 is 2.59 bits per heavy atom. The molecule has 4 heteroatoms. The van der Waals surface area contributed by atoms with Crippen molar-refractivity contribution in [2.75, 3.05) is 25.9 Å². The van der Waals surface area contributed by atoms with Crippen LogP contribution in [0.1, 0.15) is 39.5 Å². The molecule has 1 fully saturated rings. The molecule has 100 valence electrons. The molecule has 0 aliphatic heterocycles. The molecule has 1 saturated carbocycles. The Bertz CT molecular complexity index is 240. The predicted octanol–water partition coefficient (Wildman–Crippen LogP) is 2.02. The van der Waals surface area contributed by atoms with E-state index in [4.69, 9.17) is 0 Å². The summed E-state index contributed by atoms with van der Waals surface area (Å²) in [5.74, 6) is 0.251. The van der Waals surface area contributed by atoms with Gasteiger partial charge in [-0.1, -0.05) is 26.7 Å². The first-order valence-electron chi connectivity index (χ1n) is 6.67. The van der Waals surface area contributed by atoms with Crippen LogP contribution in [0.4, 0.5) is 0 Å². The molecule has 1 atom stereocenters. The van der Waals surface area contributed by atoms with E-state index in [0.717, 1.165) is 19.6 Å². The van der Waals surface area contributed by atoms with Crippen molar-refractivity contribution in [1.29, 1.82) is 0 Å². The number of carbonyl (C=O) groups is 1. The van der Waals surface area contributed by atoms with Gasteiger partial charge in [-0.3, -0.25) is 4.79 Å². The predicted molar refractivity (Wildman–Crippen MR) is 75.4 cm³/mol. The third kappa shape index (κ3) is 4.51. The van der Waals surface area contributed by atoms with Crippen LogP contribution in [0.5, 0.6) is 0 Å². The molecule has 1 unspecified atom stereocenters. The van der Waals surface area contributed by atoms with Crippen molar-refractivity contribution in [3.8, 4) is 0 Å². The highest BCUT2D eigenvalue weighted by Crippen LogP contribution is 2.39. The summed E-state index contributed by atoms with van der Waals surface area (Å²) >= 11 is 1.92. The first-order chi connectivity index (χ1) is 8.13. The maximum atomic E-state index is 11.9. The fourth-order valence-electron chi connectivity index (χ4n) is 2.35. The van der Waals surface area contributed by atoms with E-state index in [2.05, 4.69) is 23.8 Å². The number of hydrogen-bond acceptors (Lipinski definition) is 3. The molecular formula is C13H26N2OS. The van der Waals surface area contributed by atoms with Gasteiger partial charge in [-0.2, -0.15) is 11.8 Å². The third-order valence-corrected chi connectivity index (χ3v) is 5.10. The zero-order valence-electron chi connectivity index (χ0n) is 11.3. The largest absolute Gasteiger partial charge is 0.354 e. The van der Waals surface area contributed by atoms with Crippen LogP contribution in [-0.2, 0) is 4.79 Å².